The van der Waals surface area contributed by atoms with Gasteiger partial charge in [-0.25, -0.2) is 0 Å². The molecule has 21 heavy (non-hydrogen) atoms. The molecule has 0 N–H and O–H groups in total. The molecule has 0 aliphatic heterocycles. The maximum atomic E-state index is 13.3. The predicted octanol–water partition coefficient (Wildman–Crippen LogP) is 6.34. The van der Waals surface area contributed by atoms with Crippen LogP contribution in [-0.4, -0.2) is 5.78 Å². The Kier molecular flexibility index (Phi) is 3.05. The van der Waals surface area contributed by atoms with Crippen LogP contribution >= 0.6 is 38.9 Å². The molecular formula is C17H20BrClOS. The highest BCUT2D eigenvalue weighted by Gasteiger charge is 2.62. The van der Waals surface area contributed by atoms with E-state index >= 15 is 0 Å². The van der Waals surface area contributed by atoms with Gasteiger partial charge in [-0.15, -0.1) is 11.3 Å². The third kappa shape index (κ3) is 2.18. The van der Waals surface area contributed by atoms with Gasteiger partial charge in [0.05, 0.1) is 13.7 Å². The molecule has 2 unspecified atom stereocenters. The maximum absolute atomic E-state index is 13.3. The molecule has 4 bridgehead atoms. The van der Waals surface area contributed by atoms with E-state index in [0.29, 0.717) is 21.6 Å². The Hall–Kier alpha value is 0.140. The maximum Gasteiger partial charge on any atom is 0.179 e. The molecule has 1 aromatic heterocycles. The molecule has 0 aromatic carbocycles. The van der Waals surface area contributed by atoms with Crippen LogP contribution < -0.4 is 0 Å². The molecule has 4 aliphatic rings. The quantitative estimate of drug-likeness (QED) is 0.541. The first-order valence-corrected chi connectivity index (χ1v) is 9.71. The first kappa shape index (κ1) is 14.7. The van der Waals surface area contributed by atoms with E-state index in [1.165, 1.54) is 30.6 Å². The molecule has 0 radical (unpaired) electrons. The SMILES string of the molecule is CC12CC3CC(C)(C1)CC(C(=O)c1cc(Cl)c(Br)s1)(C3)C2. The Morgan fingerprint density at radius 1 is 1.24 bits per heavy atom. The normalized spacial score (nSPS) is 44.3. The number of carbonyl (C=O) groups excluding carboxylic acids is 1. The van der Waals surface area contributed by atoms with Crippen LogP contribution in [0.5, 0.6) is 0 Å². The Morgan fingerprint density at radius 2 is 1.86 bits per heavy atom. The zero-order valence-electron chi connectivity index (χ0n) is 12.5. The minimum atomic E-state index is -0.115. The van der Waals surface area contributed by atoms with Crippen LogP contribution in [-0.2, 0) is 0 Å². The summed E-state index contributed by atoms with van der Waals surface area (Å²) in [6.07, 6.45) is 7.22. The van der Waals surface area contributed by atoms with Crippen molar-refractivity contribution in [2.45, 2.75) is 52.4 Å². The van der Waals surface area contributed by atoms with Gasteiger partial charge in [-0.2, -0.15) is 0 Å². The van der Waals surface area contributed by atoms with Crippen molar-refractivity contribution in [2.75, 3.05) is 0 Å². The number of hydrogen-bond donors (Lipinski definition) is 0. The third-order valence-corrected chi connectivity index (χ3v) is 8.45. The molecule has 0 amide bonds. The lowest BCUT2D eigenvalue weighted by Crippen LogP contribution is -2.57. The standard InChI is InChI=1S/C17H20BrClOS/c1-15-4-10-5-16(2,7-15)9-17(6-10,8-15)13(20)12-3-11(19)14(18)21-12/h3,10H,4-9H2,1-2H3. The predicted molar refractivity (Wildman–Crippen MR) is 91.2 cm³/mol. The lowest BCUT2D eigenvalue weighted by molar-refractivity contribution is -0.125. The number of halogens is 2. The number of thiophene rings is 1. The average molecular weight is 388 g/mol. The van der Waals surface area contributed by atoms with Crippen LogP contribution in [0.15, 0.2) is 9.85 Å². The molecule has 5 rings (SSSR count). The molecule has 4 saturated carbocycles. The topological polar surface area (TPSA) is 17.1 Å². The van der Waals surface area contributed by atoms with Crippen LogP contribution in [0, 0.1) is 22.2 Å². The molecule has 4 heteroatoms. The van der Waals surface area contributed by atoms with E-state index in [9.17, 15) is 4.79 Å². The van der Waals surface area contributed by atoms with Crippen LogP contribution in [0.1, 0.15) is 62.0 Å². The van der Waals surface area contributed by atoms with Gasteiger partial charge in [0.15, 0.2) is 5.78 Å². The van der Waals surface area contributed by atoms with Crippen molar-refractivity contribution < 1.29 is 4.79 Å². The fourth-order valence-corrected chi connectivity index (χ4v) is 8.18. The van der Waals surface area contributed by atoms with Crippen LogP contribution in [0.25, 0.3) is 0 Å². The molecule has 0 saturated heterocycles. The van der Waals surface area contributed by atoms with Crippen molar-refractivity contribution in [1.29, 1.82) is 0 Å². The highest BCUT2D eigenvalue weighted by Crippen LogP contribution is 2.70. The summed E-state index contributed by atoms with van der Waals surface area (Å²) in [6, 6.07) is 1.86. The van der Waals surface area contributed by atoms with E-state index in [4.69, 9.17) is 11.6 Å². The smallest absolute Gasteiger partial charge is 0.179 e. The molecule has 2 atom stereocenters. The van der Waals surface area contributed by atoms with Gasteiger partial charge in [0.2, 0.25) is 0 Å². The lowest BCUT2D eigenvalue weighted by atomic mass is 9.39. The molecule has 1 nitrogen and oxygen atoms in total. The van der Waals surface area contributed by atoms with E-state index in [0.717, 1.165) is 33.8 Å². The number of Topliss-reactive ketones (excluding diaryl/α,β-unsaturated/α-hetero) is 1. The highest BCUT2D eigenvalue weighted by molar-refractivity contribution is 9.11. The molecule has 1 heterocycles. The molecule has 114 valence electrons. The summed E-state index contributed by atoms with van der Waals surface area (Å²) >= 11 is 11.1. The van der Waals surface area contributed by atoms with Gasteiger partial charge in [-0.3, -0.25) is 4.79 Å². The van der Waals surface area contributed by atoms with Crippen molar-refractivity contribution in [3.8, 4) is 0 Å². The van der Waals surface area contributed by atoms with Crippen LogP contribution in [0.4, 0.5) is 0 Å². The first-order valence-electron chi connectivity index (χ1n) is 7.72. The van der Waals surface area contributed by atoms with Crippen LogP contribution in [0.2, 0.25) is 5.02 Å². The summed E-state index contributed by atoms with van der Waals surface area (Å²) in [4.78, 5) is 14.1. The fraction of sp³-hybridized carbons (Fsp3) is 0.706. The Morgan fingerprint density at radius 3 is 2.33 bits per heavy atom. The Bertz CT molecular complexity index is 599. The van der Waals surface area contributed by atoms with Crippen molar-refractivity contribution >= 4 is 44.7 Å². The Balaban J connectivity index is 1.75. The van der Waals surface area contributed by atoms with E-state index in [2.05, 4.69) is 29.8 Å². The summed E-state index contributed by atoms with van der Waals surface area (Å²) in [6.45, 7) is 4.82. The number of carbonyl (C=O) groups is 1. The van der Waals surface area contributed by atoms with Gasteiger partial charge >= 0.3 is 0 Å². The van der Waals surface area contributed by atoms with E-state index in [1.54, 1.807) is 0 Å². The third-order valence-electron chi connectivity index (χ3n) is 5.98. The summed E-state index contributed by atoms with van der Waals surface area (Å²) < 4.78 is 0.884. The molecule has 1 aromatic rings. The summed E-state index contributed by atoms with van der Waals surface area (Å²) in [5, 5.41) is 0.672. The number of rotatable bonds is 2. The molecule has 0 spiro atoms. The first-order chi connectivity index (χ1) is 9.73. The summed E-state index contributed by atoms with van der Waals surface area (Å²) in [7, 11) is 0. The lowest BCUT2D eigenvalue weighted by Gasteiger charge is -2.64. The molecule has 4 fully saturated rings. The number of hydrogen-bond acceptors (Lipinski definition) is 2. The highest BCUT2D eigenvalue weighted by atomic mass is 79.9. The van der Waals surface area contributed by atoms with E-state index in [-0.39, 0.29) is 5.41 Å². The monoisotopic (exact) mass is 386 g/mol. The van der Waals surface area contributed by atoms with E-state index in [1.807, 2.05) is 6.07 Å². The largest absolute Gasteiger partial charge is 0.293 e. The summed E-state index contributed by atoms with van der Waals surface area (Å²) in [5.74, 6) is 1.11. The molecule has 4 aliphatic carbocycles. The zero-order chi connectivity index (χ0) is 15.0. The second-order valence-electron chi connectivity index (χ2n) is 8.47. The van der Waals surface area contributed by atoms with Gasteiger partial charge < -0.3 is 0 Å². The van der Waals surface area contributed by atoms with Crippen LogP contribution in [0.3, 0.4) is 0 Å². The fourth-order valence-electron chi connectivity index (χ4n) is 6.42. The molecular weight excluding hydrogens is 368 g/mol. The zero-order valence-corrected chi connectivity index (χ0v) is 15.6. The van der Waals surface area contributed by atoms with Gasteiger partial charge in [0, 0.05) is 5.41 Å². The van der Waals surface area contributed by atoms with Gasteiger partial charge in [0.1, 0.15) is 0 Å². The minimum Gasteiger partial charge on any atom is -0.293 e. The second-order valence-corrected chi connectivity index (χ2v) is 11.2. The van der Waals surface area contributed by atoms with Gasteiger partial charge in [-0.05, 0) is 77.3 Å². The second kappa shape index (κ2) is 4.36. The van der Waals surface area contributed by atoms with Gasteiger partial charge in [-0.1, -0.05) is 25.4 Å². The van der Waals surface area contributed by atoms with E-state index < -0.39 is 0 Å². The summed E-state index contributed by atoms with van der Waals surface area (Å²) in [5.41, 5.74) is 0.640. The van der Waals surface area contributed by atoms with Crippen molar-refractivity contribution in [3.05, 3.63) is 19.8 Å². The average Bonchev–Trinajstić information content (AvgIpc) is 2.64. The van der Waals surface area contributed by atoms with Gasteiger partial charge in [0.25, 0.3) is 0 Å². The minimum absolute atomic E-state index is 0.115. The van der Waals surface area contributed by atoms with Crippen molar-refractivity contribution in [1.82, 2.24) is 0 Å². The Labute approximate surface area is 143 Å². The number of ketones is 1. The van der Waals surface area contributed by atoms with Crippen molar-refractivity contribution in [3.63, 3.8) is 0 Å². The van der Waals surface area contributed by atoms with Crippen molar-refractivity contribution in [2.24, 2.45) is 22.2 Å².